The topological polar surface area (TPSA) is 20.2 Å². The molecule has 1 unspecified atom stereocenters. The van der Waals surface area contributed by atoms with Crippen molar-refractivity contribution in [3.05, 3.63) is 23.0 Å². The van der Waals surface area contributed by atoms with Crippen LogP contribution in [0.5, 0.6) is 0 Å². The maximum atomic E-state index is 9.22. The number of rotatable bonds is 14. The standard InChI is InChI=1S/C19H36OS/c1-2-3-4-5-6-7-8-9-10-11-14-19(15-16-20)21-17-12-13-18-21/h12-13,17-21H,2-11,14-16H2,1H3. The molecule has 0 aromatic rings. The van der Waals surface area contributed by atoms with E-state index < -0.39 is 0 Å². The summed E-state index contributed by atoms with van der Waals surface area (Å²) in [5, 5.41) is 14.6. The fourth-order valence-corrected chi connectivity index (χ4v) is 5.13. The Morgan fingerprint density at radius 3 is 1.81 bits per heavy atom. The van der Waals surface area contributed by atoms with Gasteiger partial charge in [0, 0.05) is 6.61 Å². The lowest BCUT2D eigenvalue weighted by Crippen LogP contribution is -2.08. The first-order valence-corrected chi connectivity index (χ1v) is 10.7. The zero-order chi connectivity index (χ0) is 15.2. The summed E-state index contributed by atoms with van der Waals surface area (Å²) in [6, 6.07) is 0. The molecule has 0 amide bonds. The SMILES string of the molecule is CCCCCCCCCCCCC(CCO)[SH]1C=CC=C1. The molecule has 1 N–H and O–H groups in total. The van der Waals surface area contributed by atoms with Gasteiger partial charge in [-0.3, -0.25) is 0 Å². The summed E-state index contributed by atoms with van der Waals surface area (Å²) < 4.78 is 0. The van der Waals surface area contributed by atoms with Gasteiger partial charge in [0.15, 0.2) is 0 Å². The molecule has 0 bridgehead atoms. The first-order chi connectivity index (χ1) is 10.4. The Hall–Kier alpha value is -0.210. The summed E-state index contributed by atoms with van der Waals surface area (Å²) in [5.74, 6) is 0. The number of allylic oxidation sites excluding steroid dienone is 2. The third-order valence-electron chi connectivity index (χ3n) is 4.40. The zero-order valence-electron chi connectivity index (χ0n) is 14.0. The fourth-order valence-electron chi connectivity index (χ4n) is 3.05. The lowest BCUT2D eigenvalue weighted by atomic mass is 10.0. The molecule has 1 nitrogen and oxygen atoms in total. The van der Waals surface area contributed by atoms with Crippen LogP contribution in [0, 0.1) is 0 Å². The third-order valence-corrected chi connectivity index (χ3v) is 6.79. The normalized spacial score (nSPS) is 16.8. The van der Waals surface area contributed by atoms with Crippen molar-refractivity contribution in [3.8, 4) is 0 Å². The van der Waals surface area contributed by atoms with E-state index in [9.17, 15) is 5.11 Å². The van der Waals surface area contributed by atoms with Gasteiger partial charge < -0.3 is 5.11 Å². The maximum Gasteiger partial charge on any atom is 0.0441 e. The second-order valence-electron chi connectivity index (χ2n) is 6.27. The van der Waals surface area contributed by atoms with Gasteiger partial charge in [0.25, 0.3) is 0 Å². The van der Waals surface area contributed by atoms with Crippen LogP contribution in [-0.4, -0.2) is 17.0 Å². The molecule has 1 aliphatic rings. The minimum Gasteiger partial charge on any atom is -0.396 e. The van der Waals surface area contributed by atoms with Crippen LogP contribution in [0.4, 0.5) is 0 Å². The molecule has 124 valence electrons. The molecule has 1 heterocycles. The summed E-state index contributed by atoms with van der Waals surface area (Å²) in [6.45, 7) is 2.63. The predicted molar refractivity (Wildman–Crippen MR) is 99.2 cm³/mol. The Morgan fingerprint density at radius 1 is 0.762 bits per heavy atom. The van der Waals surface area contributed by atoms with Gasteiger partial charge >= 0.3 is 0 Å². The number of aliphatic hydroxyl groups excluding tert-OH is 1. The van der Waals surface area contributed by atoms with Crippen LogP contribution in [0.3, 0.4) is 0 Å². The molecule has 1 aliphatic heterocycles. The van der Waals surface area contributed by atoms with Crippen LogP contribution in [0.25, 0.3) is 0 Å². The summed E-state index contributed by atoms with van der Waals surface area (Å²) in [4.78, 5) is 0. The van der Waals surface area contributed by atoms with Crippen LogP contribution in [0.1, 0.15) is 84.0 Å². The predicted octanol–water partition coefficient (Wildman–Crippen LogP) is 6.09. The Balaban J connectivity index is 1.94. The number of aliphatic hydroxyl groups is 1. The Kier molecular flexibility index (Phi) is 12.1. The molecular weight excluding hydrogens is 276 g/mol. The van der Waals surface area contributed by atoms with E-state index in [0.717, 1.165) is 6.42 Å². The van der Waals surface area contributed by atoms with Gasteiger partial charge in [0.05, 0.1) is 0 Å². The van der Waals surface area contributed by atoms with Gasteiger partial charge in [-0.05, 0) is 28.9 Å². The van der Waals surface area contributed by atoms with Crippen molar-refractivity contribution < 1.29 is 5.11 Å². The van der Waals surface area contributed by atoms with Gasteiger partial charge in [0.2, 0.25) is 0 Å². The van der Waals surface area contributed by atoms with Crippen LogP contribution in [0.15, 0.2) is 23.0 Å². The highest BCUT2D eigenvalue weighted by Crippen LogP contribution is 2.42. The molecule has 0 fully saturated rings. The molecule has 0 spiro atoms. The van der Waals surface area contributed by atoms with E-state index in [1.807, 2.05) is 0 Å². The highest BCUT2D eigenvalue weighted by Gasteiger charge is 2.14. The molecule has 0 aromatic carbocycles. The van der Waals surface area contributed by atoms with E-state index in [0.29, 0.717) is 11.9 Å². The number of unbranched alkanes of at least 4 members (excludes halogenated alkanes) is 9. The van der Waals surface area contributed by atoms with Crippen molar-refractivity contribution in [2.24, 2.45) is 0 Å². The van der Waals surface area contributed by atoms with Gasteiger partial charge in [-0.1, -0.05) is 83.3 Å². The summed E-state index contributed by atoms with van der Waals surface area (Å²) in [7, 11) is -0.0718. The quantitative estimate of drug-likeness (QED) is 0.294. The maximum absolute atomic E-state index is 9.22. The molecule has 21 heavy (non-hydrogen) atoms. The summed E-state index contributed by atoms with van der Waals surface area (Å²) in [6.07, 6.45) is 20.7. The van der Waals surface area contributed by atoms with Gasteiger partial charge in [-0.25, -0.2) is 10.9 Å². The molecule has 2 heteroatoms. The smallest absolute Gasteiger partial charge is 0.0441 e. The van der Waals surface area contributed by atoms with Crippen molar-refractivity contribution in [1.29, 1.82) is 0 Å². The second kappa shape index (κ2) is 13.5. The van der Waals surface area contributed by atoms with Gasteiger partial charge in [0.1, 0.15) is 0 Å². The highest BCUT2D eigenvalue weighted by atomic mass is 32.2. The largest absolute Gasteiger partial charge is 0.396 e. The van der Waals surface area contributed by atoms with Crippen LogP contribution in [-0.2, 0) is 0 Å². The first-order valence-electron chi connectivity index (χ1n) is 9.11. The average Bonchev–Trinajstić information content (AvgIpc) is 3.02. The highest BCUT2D eigenvalue weighted by molar-refractivity contribution is 8.22. The molecule has 1 atom stereocenters. The lowest BCUT2D eigenvalue weighted by molar-refractivity contribution is 0.284. The third kappa shape index (κ3) is 9.42. The number of hydrogen-bond acceptors (Lipinski definition) is 1. The molecular formula is C19H36OS. The molecule has 0 saturated carbocycles. The zero-order valence-corrected chi connectivity index (χ0v) is 14.9. The Morgan fingerprint density at radius 2 is 1.29 bits per heavy atom. The van der Waals surface area contributed by atoms with Crippen molar-refractivity contribution >= 4 is 10.9 Å². The number of thiol groups is 1. The number of hydrogen-bond donors (Lipinski definition) is 2. The minimum atomic E-state index is -0.0718. The molecule has 1 rings (SSSR count). The Bertz CT molecular complexity index is 273. The first kappa shape index (κ1) is 18.8. The lowest BCUT2D eigenvalue weighted by Gasteiger charge is -2.23. The summed E-state index contributed by atoms with van der Waals surface area (Å²) >= 11 is 0. The van der Waals surface area contributed by atoms with E-state index in [4.69, 9.17) is 0 Å². The Labute approximate surface area is 135 Å². The van der Waals surface area contributed by atoms with Gasteiger partial charge in [-0.15, -0.1) is 0 Å². The monoisotopic (exact) mass is 312 g/mol. The van der Waals surface area contributed by atoms with Crippen molar-refractivity contribution in [2.45, 2.75) is 89.2 Å². The van der Waals surface area contributed by atoms with E-state index in [1.165, 1.54) is 70.6 Å². The molecule has 0 aliphatic carbocycles. The minimum absolute atomic E-state index is 0.0718. The van der Waals surface area contributed by atoms with E-state index >= 15 is 0 Å². The fraction of sp³-hybridized carbons (Fsp3) is 0.789. The summed E-state index contributed by atoms with van der Waals surface area (Å²) in [5.41, 5.74) is 0. The molecule has 0 radical (unpaired) electrons. The van der Waals surface area contributed by atoms with E-state index in [2.05, 4.69) is 29.9 Å². The van der Waals surface area contributed by atoms with Crippen molar-refractivity contribution in [3.63, 3.8) is 0 Å². The van der Waals surface area contributed by atoms with Crippen molar-refractivity contribution in [2.75, 3.05) is 6.61 Å². The van der Waals surface area contributed by atoms with Crippen molar-refractivity contribution in [1.82, 2.24) is 0 Å². The van der Waals surface area contributed by atoms with E-state index in [-0.39, 0.29) is 10.9 Å². The van der Waals surface area contributed by atoms with Crippen LogP contribution in [0.2, 0.25) is 0 Å². The van der Waals surface area contributed by atoms with E-state index in [1.54, 1.807) is 0 Å². The second-order valence-corrected chi connectivity index (χ2v) is 8.49. The van der Waals surface area contributed by atoms with Crippen LogP contribution >= 0.6 is 10.9 Å². The van der Waals surface area contributed by atoms with Gasteiger partial charge in [-0.2, -0.15) is 0 Å². The molecule has 0 saturated heterocycles. The average molecular weight is 313 g/mol. The van der Waals surface area contributed by atoms with Crippen LogP contribution < -0.4 is 0 Å². The molecule has 0 aromatic heterocycles.